The predicted molar refractivity (Wildman–Crippen MR) is 65.5 cm³/mol. The van der Waals surface area contributed by atoms with Crippen LogP contribution in [0.3, 0.4) is 0 Å². The maximum absolute atomic E-state index is 10.8. The number of hydrogen-bond acceptors (Lipinski definition) is 3. The Morgan fingerprint density at radius 3 is 2.50 bits per heavy atom. The van der Waals surface area contributed by atoms with Gasteiger partial charge in [0, 0.05) is 17.6 Å². The normalized spacial score (nSPS) is 30.0. The van der Waals surface area contributed by atoms with Gasteiger partial charge < -0.3 is 15.5 Å². The Bertz CT molecular complexity index is 267. The zero-order valence-corrected chi connectivity index (χ0v) is 10.8. The van der Waals surface area contributed by atoms with E-state index in [2.05, 4.69) is 27.8 Å². The van der Waals surface area contributed by atoms with Gasteiger partial charge in [0.15, 0.2) is 0 Å². The summed E-state index contributed by atoms with van der Waals surface area (Å²) in [5.74, 6) is -1.03. The van der Waals surface area contributed by atoms with E-state index in [-0.39, 0.29) is 5.92 Å². The van der Waals surface area contributed by atoms with Crippen LogP contribution in [0, 0.1) is 5.92 Å². The van der Waals surface area contributed by atoms with Gasteiger partial charge in [-0.2, -0.15) is 0 Å². The molecule has 0 radical (unpaired) electrons. The molecule has 0 amide bonds. The molecule has 0 aromatic carbocycles. The minimum Gasteiger partial charge on any atom is -0.481 e. The van der Waals surface area contributed by atoms with Gasteiger partial charge in [-0.3, -0.25) is 4.79 Å². The lowest BCUT2D eigenvalue weighted by molar-refractivity contribution is -0.144. The van der Waals surface area contributed by atoms with Crippen molar-refractivity contribution in [2.45, 2.75) is 31.3 Å². The van der Waals surface area contributed by atoms with Crippen LogP contribution in [-0.2, 0) is 4.79 Å². The molecule has 1 aliphatic carbocycles. The molecule has 0 unspecified atom stereocenters. The summed E-state index contributed by atoms with van der Waals surface area (Å²) in [4.78, 5) is 10.8. The second-order valence-corrected chi connectivity index (χ2v) is 5.58. The average Bonchev–Trinajstić information content (AvgIpc) is 2.17. The topological polar surface area (TPSA) is 69.6 Å². The molecule has 0 aromatic heterocycles. The lowest BCUT2D eigenvalue weighted by Gasteiger charge is -2.34. The Morgan fingerprint density at radius 1 is 1.50 bits per heavy atom. The first kappa shape index (κ1) is 13.7. The van der Waals surface area contributed by atoms with Crippen LogP contribution in [0.15, 0.2) is 11.1 Å². The van der Waals surface area contributed by atoms with Crippen LogP contribution in [-0.4, -0.2) is 34.9 Å². The number of halogens is 1. The van der Waals surface area contributed by atoms with Crippen molar-refractivity contribution in [3.05, 3.63) is 11.1 Å². The minimum absolute atomic E-state index is 0.286. The zero-order valence-electron chi connectivity index (χ0n) is 9.21. The Labute approximate surface area is 104 Å². The van der Waals surface area contributed by atoms with Crippen molar-refractivity contribution in [3.63, 3.8) is 0 Å². The second kappa shape index (κ2) is 5.80. The van der Waals surface area contributed by atoms with Gasteiger partial charge in [-0.1, -0.05) is 22.5 Å². The standard InChI is InChI=1S/C11H18BrNO3/c1-8(12)6-13-7-11(16)4-2-9(3-5-11)10(14)15/h9,13,16H,1-7H2,(H,14,15). The third-order valence-corrected chi connectivity index (χ3v) is 3.32. The van der Waals surface area contributed by atoms with Gasteiger partial charge in [0.25, 0.3) is 0 Å². The molecule has 0 aromatic rings. The summed E-state index contributed by atoms with van der Waals surface area (Å²) in [6, 6.07) is 0. The van der Waals surface area contributed by atoms with Crippen molar-refractivity contribution < 1.29 is 15.0 Å². The van der Waals surface area contributed by atoms with E-state index in [1.807, 2.05) is 0 Å². The fourth-order valence-corrected chi connectivity index (χ4v) is 2.21. The summed E-state index contributed by atoms with van der Waals surface area (Å²) < 4.78 is 0.843. The Kier molecular flexibility index (Phi) is 4.95. The first-order valence-electron chi connectivity index (χ1n) is 5.42. The molecule has 5 heteroatoms. The van der Waals surface area contributed by atoms with E-state index >= 15 is 0 Å². The number of rotatable bonds is 5. The van der Waals surface area contributed by atoms with Crippen LogP contribution in [0.1, 0.15) is 25.7 Å². The number of hydrogen-bond donors (Lipinski definition) is 3. The second-order valence-electron chi connectivity index (χ2n) is 4.46. The lowest BCUT2D eigenvalue weighted by Crippen LogP contribution is -2.44. The van der Waals surface area contributed by atoms with Gasteiger partial charge in [-0.25, -0.2) is 0 Å². The summed E-state index contributed by atoms with van der Waals surface area (Å²) in [7, 11) is 0. The van der Waals surface area contributed by atoms with Gasteiger partial charge in [-0.05, 0) is 25.7 Å². The lowest BCUT2D eigenvalue weighted by atomic mass is 9.79. The van der Waals surface area contributed by atoms with Crippen molar-refractivity contribution in [1.82, 2.24) is 5.32 Å². The van der Waals surface area contributed by atoms with Crippen molar-refractivity contribution in [1.29, 1.82) is 0 Å². The number of carboxylic acids is 1. The molecular formula is C11H18BrNO3. The molecule has 3 N–H and O–H groups in total. The molecule has 0 saturated heterocycles. The van der Waals surface area contributed by atoms with Crippen LogP contribution in [0.25, 0.3) is 0 Å². The van der Waals surface area contributed by atoms with Gasteiger partial charge >= 0.3 is 5.97 Å². The third-order valence-electron chi connectivity index (χ3n) is 3.04. The molecule has 92 valence electrons. The maximum Gasteiger partial charge on any atom is 0.306 e. The van der Waals surface area contributed by atoms with Crippen molar-refractivity contribution in [3.8, 4) is 0 Å². The summed E-state index contributed by atoms with van der Waals surface area (Å²) in [5, 5.41) is 22.1. The van der Waals surface area contributed by atoms with E-state index in [4.69, 9.17) is 5.11 Å². The van der Waals surface area contributed by atoms with E-state index in [0.717, 1.165) is 4.48 Å². The van der Waals surface area contributed by atoms with E-state index in [9.17, 15) is 9.90 Å². The maximum atomic E-state index is 10.8. The fourth-order valence-electron chi connectivity index (χ4n) is 2.01. The molecule has 0 bridgehead atoms. The number of carboxylic acid groups (broad SMARTS) is 1. The molecule has 1 aliphatic rings. The highest BCUT2D eigenvalue weighted by Gasteiger charge is 2.35. The third kappa shape index (κ3) is 4.23. The largest absolute Gasteiger partial charge is 0.481 e. The first-order valence-corrected chi connectivity index (χ1v) is 6.21. The van der Waals surface area contributed by atoms with Crippen LogP contribution in [0.4, 0.5) is 0 Å². The summed E-state index contributed by atoms with van der Waals surface area (Å²) in [6.07, 6.45) is 2.21. The van der Waals surface area contributed by atoms with E-state index in [0.29, 0.717) is 38.8 Å². The molecule has 0 spiro atoms. The molecule has 16 heavy (non-hydrogen) atoms. The van der Waals surface area contributed by atoms with Crippen molar-refractivity contribution in [2.75, 3.05) is 13.1 Å². The number of carbonyl (C=O) groups is 1. The highest BCUT2D eigenvalue weighted by atomic mass is 79.9. The van der Waals surface area contributed by atoms with Crippen LogP contribution >= 0.6 is 15.9 Å². The minimum atomic E-state index is -0.756. The van der Waals surface area contributed by atoms with Gasteiger partial charge in [0.1, 0.15) is 0 Å². The monoisotopic (exact) mass is 291 g/mol. The average molecular weight is 292 g/mol. The number of aliphatic carboxylic acids is 1. The van der Waals surface area contributed by atoms with Crippen molar-refractivity contribution in [2.24, 2.45) is 5.92 Å². The summed E-state index contributed by atoms with van der Waals surface area (Å²) >= 11 is 3.23. The number of nitrogens with one attached hydrogen (secondary N) is 1. The van der Waals surface area contributed by atoms with E-state index < -0.39 is 11.6 Å². The molecular weight excluding hydrogens is 274 g/mol. The van der Waals surface area contributed by atoms with Gasteiger partial charge in [0.2, 0.25) is 0 Å². The fraction of sp³-hybridized carbons (Fsp3) is 0.727. The highest BCUT2D eigenvalue weighted by Crippen LogP contribution is 2.31. The quantitative estimate of drug-likeness (QED) is 0.718. The SMILES string of the molecule is C=C(Br)CNCC1(O)CCC(C(=O)O)CC1. The molecule has 0 atom stereocenters. The van der Waals surface area contributed by atoms with Crippen LogP contribution < -0.4 is 5.32 Å². The van der Waals surface area contributed by atoms with Gasteiger partial charge in [-0.15, -0.1) is 0 Å². The zero-order chi connectivity index (χ0) is 12.2. The predicted octanol–water partition coefficient (Wildman–Crippen LogP) is 1.49. The Morgan fingerprint density at radius 2 is 2.06 bits per heavy atom. The first-order chi connectivity index (χ1) is 7.43. The number of aliphatic hydroxyl groups is 1. The molecule has 1 rings (SSSR count). The van der Waals surface area contributed by atoms with E-state index in [1.54, 1.807) is 0 Å². The smallest absolute Gasteiger partial charge is 0.306 e. The highest BCUT2D eigenvalue weighted by molar-refractivity contribution is 9.11. The summed E-state index contributed by atoms with van der Waals surface area (Å²) in [6.45, 7) is 4.80. The molecule has 0 aliphatic heterocycles. The summed E-state index contributed by atoms with van der Waals surface area (Å²) in [5.41, 5.74) is -0.756. The molecule has 4 nitrogen and oxygen atoms in total. The van der Waals surface area contributed by atoms with E-state index in [1.165, 1.54) is 0 Å². The molecule has 1 saturated carbocycles. The Hall–Kier alpha value is -0.390. The van der Waals surface area contributed by atoms with Gasteiger partial charge in [0.05, 0.1) is 11.5 Å². The molecule has 1 fully saturated rings. The van der Waals surface area contributed by atoms with Crippen molar-refractivity contribution >= 4 is 21.9 Å². The molecule has 0 heterocycles. The Balaban J connectivity index is 2.32. The van der Waals surface area contributed by atoms with Crippen LogP contribution in [0.2, 0.25) is 0 Å². The van der Waals surface area contributed by atoms with Crippen LogP contribution in [0.5, 0.6) is 0 Å².